The number of rotatable bonds is 2. The second-order valence-electron chi connectivity index (χ2n) is 7.41. The number of likely N-dealkylation sites (tertiary alicyclic amines) is 1. The summed E-state index contributed by atoms with van der Waals surface area (Å²) in [6, 6.07) is 0. The van der Waals surface area contributed by atoms with Gasteiger partial charge in [-0.2, -0.15) is 0 Å². The van der Waals surface area contributed by atoms with Crippen LogP contribution in [-0.4, -0.2) is 49.3 Å². The van der Waals surface area contributed by atoms with Crippen molar-refractivity contribution < 1.29 is 5.11 Å². The molecule has 3 fully saturated rings. The molecule has 2 saturated heterocycles. The fraction of sp³-hybridized carbons (Fsp3) is 1.00. The van der Waals surface area contributed by atoms with Crippen molar-refractivity contribution in [3.63, 3.8) is 0 Å². The summed E-state index contributed by atoms with van der Waals surface area (Å²) >= 11 is 0. The summed E-state index contributed by atoms with van der Waals surface area (Å²) in [5.41, 5.74) is 0. The molecule has 3 heteroatoms. The fourth-order valence-electron chi connectivity index (χ4n) is 3.75. The van der Waals surface area contributed by atoms with E-state index < -0.39 is 0 Å². The number of nitrogens with zero attached hydrogens (tertiary/aromatic N) is 1. The van der Waals surface area contributed by atoms with Crippen LogP contribution >= 0.6 is 0 Å². The third kappa shape index (κ3) is 5.71. The van der Waals surface area contributed by atoms with Crippen LogP contribution in [0.25, 0.3) is 0 Å². The smallest absolute Gasteiger partial charge is 0.0545 e. The van der Waals surface area contributed by atoms with Crippen LogP contribution in [0.2, 0.25) is 0 Å². The van der Waals surface area contributed by atoms with E-state index in [9.17, 15) is 0 Å². The van der Waals surface area contributed by atoms with Crippen LogP contribution < -0.4 is 5.32 Å². The molecule has 2 heterocycles. The van der Waals surface area contributed by atoms with Gasteiger partial charge in [0.1, 0.15) is 0 Å². The lowest BCUT2D eigenvalue weighted by atomic mass is 9.83. The highest BCUT2D eigenvalue weighted by atomic mass is 16.3. The van der Waals surface area contributed by atoms with Crippen molar-refractivity contribution >= 4 is 0 Å². The average molecular weight is 282 g/mol. The summed E-state index contributed by atoms with van der Waals surface area (Å²) in [5, 5.41) is 12.1. The van der Waals surface area contributed by atoms with Crippen molar-refractivity contribution in [1.29, 1.82) is 0 Å². The van der Waals surface area contributed by atoms with E-state index in [0.29, 0.717) is 0 Å². The molecule has 3 rings (SSSR count). The number of piperidine rings is 2. The van der Waals surface area contributed by atoms with Gasteiger partial charge in [-0.3, -0.25) is 0 Å². The molecule has 20 heavy (non-hydrogen) atoms. The molecule has 3 aliphatic rings. The Morgan fingerprint density at radius 3 is 2.00 bits per heavy atom. The van der Waals surface area contributed by atoms with E-state index in [-0.39, 0.29) is 6.10 Å². The molecule has 1 aliphatic carbocycles. The van der Waals surface area contributed by atoms with Gasteiger partial charge in [0.25, 0.3) is 0 Å². The minimum absolute atomic E-state index is 0.0417. The maximum Gasteiger partial charge on any atom is 0.0545 e. The first-order chi connectivity index (χ1) is 9.63. The Morgan fingerprint density at radius 1 is 1.00 bits per heavy atom. The Bertz CT molecular complexity index is 246. The zero-order valence-electron chi connectivity index (χ0n) is 13.5. The Balaban J connectivity index is 0.000000205. The first-order valence-corrected chi connectivity index (χ1v) is 8.70. The Kier molecular flexibility index (Phi) is 6.79. The van der Waals surface area contributed by atoms with Crippen molar-refractivity contribution in [2.24, 2.45) is 17.8 Å². The maximum absolute atomic E-state index is 8.62. The molecule has 0 amide bonds. The number of aliphatic hydroxyl groups is 1. The number of hydrogen-bond acceptors (Lipinski definition) is 3. The van der Waals surface area contributed by atoms with Gasteiger partial charge in [-0.05, 0) is 95.9 Å². The zero-order valence-corrected chi connectivity index (χ0v) is 13.5. The quantitative estimate of drug-likeness (QED) is 0.817. The summed E-state index contributed by atoms with van der Waals surface area (Å²) in [5.74, 6) is 2.86. The molecule has 0 atom stereocenters. The highest BCUT2D eigenvalue weighted by molar-refractivity contribution is 4.76. The van der Waals surface area contributed by atoms with Crippen LogP contribution in [0.5, 0.6) is 0 Å². The minimum atomic E-state index is 0.0417. The lowest BCUT2D eigenvalue weighted by Crippen LogP contribution is -2.33. The van der Waals surface area contributed by atoms with Gasteiger partial charge in [-0.25, -0.2) is 0 Å². The molecule has 0 spiro atoms. The number of aliphatic hydroxyl groups excluding tert-OH is 1. The summed E-state index contributed by atoms with van der Waals surface area (Å²) in [4.78, 5) is 2.47. The van der Waals surface area contributed by atoms with Crippen LogP contribution in [0.3, 0.4) is 0 Å². The standard InChI is InChI=1S/C12H24N2.C5H10O/c1-14-8-4-12(5-9-14)10-11-2-6-13-7-3-11;1-4-2-5(6)3-4/h11-13H,2-10H2,1H3;4-6H,2-3H2,1H3. The lowest BCUT2D eigenvalue weighted by Gasteiger charge is -2.32. The molecule has 118 valence electrons. The van der Waals surface area contributed by atoms with E-state index in [1.165, 1.54) is 58.3 Å². The van der Waals surface area contributed by atoms with Gasteiger partial charge in [0.2, 0.25) is 0 Å². The average Bonchev–Trinajstić information content (AvgIpc) is 2.42. The van der Waals surface area contributed by atoms with E-state index in [2.05, 4.69) is 24.2 Å². The Morgan fingerprint density at radius 2 is 1.55 bits per heavy atom. The molecule has 0 aromatic rings. The molecule has 0 bridgehead atoms. The highest BCUT2D eigenvalue weighted by Gasteiger charge is 2.22. The van der Waals surface area contributed by atoms with E-state index >= 15 is 0 Å². The van der Waals surface area contributed by atoms with Crippen molar-refractivity contribution in [3.05, 3.63) is 0 Å². The van der Waals surface area contributed by atoms with Crippen LogP contribution in [-0.2, 0) is 0 Å². The Hall–Kier alpha value is -0.120. The zero-order chi connectivity index (χ0) is 14.4. The lowest BCUT2D eigenvalue weighted by molar-refractivity contribution is 0.0513. The first-order valence-electron chi connectivity index (χ1n) is 8.70. The van der Waals surface area contributed by atoms with Crippen molar-refractivity contribution in [3.8, 4) is 0 Å². The van der Waals surface area contributed by atoms with Gasteiger partial charge >= 0.3 is 0 Å². The van der Waals surface area contributed by atoms with E-state index in [4.69, 9.17) is 5.11 Å². The molecular weight excluding hydrogens is 248 g/mol. The molecule has 2 N–H and O–H groups in total. The van der Waals surface area contributed by atoms with Crippen LogP contribution in [0, 0.1) is 17.8 Å². The van der Waals surface area contributed by atoms with Crippen molar-refractivity contribution in [2.45, 2.75) is 58.0 Å². The number of hydrogen-bond donors (Lipinski definition) is 2. The van der Waals surface area contributed by atoms with Crippen molar-refractivity contribution in [1.82, 2.24) is 10.2 Å². The fourth-order valence-corrected chi connectivity index (χ4v) is 3.75. The second-order valence-corrected chi connectivity index (χ2v) is 7.41. The number of nitrogens with one attached hydrogen (secondary N) is 1. The van der Waals surface area contributed by atoms with Gasteiger partial charge in [0.05, 0.1) is 6.10 Å². The predicted molar refractivity (Wildman–Crippen MR) is 84.8 cm³/mol. The molecular formula is C17H34N2O. The Labute approximate surface area is 125 Å². The molecule has 2 aliphatic heterocycles. The van der Waals surface area contributed by atoms with Gasteiger partial charge in [-0.1, -0.05) is 6.92 Å². The molecule has 3 nitrogen and oxygen atoms in total. The molecule has 1 saturated carbocycles. The minimum Gasteiger partial charge on any atom is -0.393 e. The van der Waals surface area contributed by atoms with Crippen LogP contribution in [0.15, 0.2) is 0 Å². The summed E-state index contributed by atoms with van der Waals surface area (Å²) < 4.78 is 0. The second kappa shape index (κ2) is 8.35. The van der Waals surface area contributed by atoms with Crippen molar-refractivity contribution in [2.75, 3.05) is 33.2 Å². The van der Waals surface area contributed by atoms with Crippen LogP contribution in [0.4, 0.5) is 0 Å². The molecule has 0 radical (unpaired) electrons. The monoisotopic (exact) mass is 282 g/mol. The van der Waals surface area contributed by atoms with Gasteiger partial charge < -0.3 is 15.3 Å². The third-order valence-electron chi connectivity index (χ3n) is 5.31. The highest BCUT2D eigenvalue weighted by Crippen LogP contribution is 2.27. The first kappa shape index (κ1) is 16.3. The van der Waals surface area contributed by atoms with E-state index in [1.54, 1.807) is 0 Å². The van der Waals surface area contributed by atoms with Crippen LogP contribution in [0.1, 0.15) is 51.9 Å². The van der Waals surface area contributed by atoms with Gasteiger partial charge in [-0.15, -0.1) is 0 Å². The largest absolute Gasteiger partial charge is 0.393 e. The van der Waals surface area contributed by atoms with Gasteiger partial charge in [0, 0.05) is 0 Å². The molecule has 0 aromatic carbocycles. The van der Waals surface area contributed by atoms with E-state index in [0.717, 1.165) is 30.6 Å². The predicted octanol–water partition coefficient (Wildman–Crippen LogP) is 2.50. The maximum atomic E-state index is 8.62. The molecule has 0 unspecified atom stereocenters. The summed E-state index contributed by atoms with van der Waals surface area (Å²) in [7, 11) is 2.25. The van der Waals surface area contributed by atoms with E-state index in [1.807, 2.05) is 0 Å². The topological polar surface area (TPSA) is 35.5 Å². The SMILES string of the molecule is CC1CC(O)C1.CN1CCC(CC2CCNCC2)CC1. The summed E-state index contributed by atoms with van der Waals surface area (Å²) in [6.07, 6.45) is 9.34. The molecule has 0 aromatic heterocycles. The normalized spacial score (nSPS) is 33.1. The van der Waals surface area contributed by atoms with Gasteiger partial charge in [0.15, 0.2) is 0 Å². The summed E-state index contributed by atoms with van der Waals surface area (Å²) in [6.45, 7) is 7.34. The third-order valence-corrected chi connectivity index (χ3v) is 5.31.